The Kier molecular flexibility index (Phi) is 3.92. The van der Waals surface area contributed by atoms with Crippen LogP contribution in [0.25, 0.3) is 0 Å². The summed E-state index contributed by atoms with van der Waals surface area (Å²) in [5, 5.41) is 2.47. The number of hydrogen-bond acceptors (Lipinski definition) is 3. The first kappa shape index (κ1) is 12.0. The first-order valence-corrected chi connectivity index (χ1v) is 7.55. The molecule has 4 heteroatoms. The van der Waals surface area contributed by atoms with Crippen LogP contribution in [0.15, 0.2) is 11.4 Å². The average Bonchev–Trinajstić information content (AvgIpc) is 2.84. The highest BCUT2D eigenvalue weighted by Gasteiger charge is 2.25. The maximum absolute atomic E-state index is 12.0. The molecule has 0 N–H and O–H groups in total. The molecule has 1 saturated heterocycles. The highest BCUT2D eigenvalue weighted by molar-refractivity contribution is 8.00. The standard InChI is InChI=1S/C12H17NOS2/c1-9-5-7-16-11(9)3-4-12(14)13-6-8-15-10(13)2/h5,7,10H,3-4,6,8H2,1-2H3. The Hall–Kier alpha value is -0.480. The molecular weight excluding hydrogens is 238 g/mol. The molecule has 0 spiro atoms. The van der Waals surface area contributed by atoms with E-state index in [1.165, 1.54) is 10.4 Å². The molecule has 1 unspecified atom stereocenters. The summed E-state index contributed by atoms with van der Waals surface area (Å²) in [6.07, 6.45) is 1.56. The van der Waals surface area contributed by atoms with Crippen molar-refractivity contribution in [1.29, 1.82) is 0 Å². The lowest BCUT2D eigenvalue weighted by molar-refractivity contribution is -0.130. The van der Waals surface area contributed by atoms with Crippen molar-refractivity contribution in [3.8, 4) is 0 Å². The number of carbonyl (C=O) groups excluding carboxylic acids is 1. The number of aryl methyl sites for hydroxylation is 2. The van der Waals surface area contributed by atoms with Gasteiger partial charge in [0.15, 0.2) is 0 Å². The number of nitrogens with zero attached hydrogens (tertiary/aromatic N) is 1. The van der Waals surface area contributed by atoms with Gasteiger partial charge in [0.05, 0.1) is 5.37 Å². The molecule has 1 aromatic heterocycles. The van der Waals surface area contributed by atoms with E-state index in [1.807, 2.05) is 16.7 Å². The third kappa shape index (κ3) is 2.61. The van der Waals surface area contributed by atoms with Crippen LogP contribution in [-0.4, -0.2) is 28.5 Å². The first-order valence-electron chi connectivity index (χ1n) is 5.62. The van der Waals surface area contributed by atoms with Gasteiger partial charge < -0.3 is 4.90 Å². The summed E-state index contributed by atoms with van der Waals surface area (Å²) < 4.78 is 0. The van der Waals surface area contributed by atoms with Gasteiger partial charge in [-0.3, -0.25) is 4.79 Å². The Labute approximate surface area is 105 Å². The van der Waals surface area contributed by atoms with Gasteiger partial charge in [-0.1, -0.05) is 0 Å². The van der Waals surface area contributed by atoms with E-state index in [0.29, 0.717) is 17.7 Å². The Morgan fingerprint density at radius 3 is 3.00 bits per heavy atom. The zero-order valence-corrected chi connectivity index (χ0v) is 11.4. The van der Waals surface area contributed by atoms with Crippen molar-refractivity contribution >= 4 is 29.0 Å². The monoisotopic (exact) mass is 255 g/mol. The van der Waals surface area contributed by atoms with Gasteiger partial charge in [-0.2, -0.15) is 0 Å². The minimum Gasteiger partial charge on any atom is -0.330 e. The molecule has 1 aliphatic heterocycles. The van der Waals surface area contributed by atoms with Gasteiger partial charge >= 0.3 is 0 Å². The van der Waals surface area contributed by atoms with E-state index in [2.05, 4.69) is 25.3 Å². The Morgan fingerprint density at radius 1 is 1.62 bits per heavy atom. The smallest absolute Gasteiger partial charge is 0.223 e. The van der Waals surface area contributed by atoms with Crippen LogP contribution in [0.3, 0.4) is 0 Å². The Bertz CT molecular complexity index is 375. The normalized spacial score (nSPS) is 20.4. The quantitative estimate of drug-likeness (QED) is 0.827. The highest BCUT2D eigenvalue weighted by Crippen LogP contribution is 2.24. The van der Waals surface area contributed by atoms with E-state index in [9.17, 15) is 4.79 Å². The summed E-state index contributed by atoms with van der Waals surface area (Å²) in [5.41, 5.74) is 1.32. The van der Waals surface area contributed by atoms with Crippen molar-refractivity contribution in [3.05, 3.63) is 21.9 Å². The lowest BCUT2D eigenvalue weighted by atomic mass is 10.2. The summed E-state index contributed by atoms with van der Waals surface area (Å²) in [4.78, 5) is 15.3. The molecule has 2 rings (SSSR count). The molecular formula is C12H17NOS2. The van der Waals surface area contributed by atoms with Crippen LogP contribution < -0.4 is 0 Å². The summed E-state index contributed by atoms with van der Waals surface area (Å²) in [5.74, 6) is 1.40. The second kappa shape index (κ2) is 5.23. The topological polar surface area (TPSA) is 20.3 Å². The fraction of sp³-hybridized carbons (Fsp3) is 0.583. The van der Waals surface area contributed by atoms with E-state index in [0.717, 1.165) is 18.7 Å². The molecule has 0 bridgehead atoms. The second-order valence-corrected chi connectivity index (χ2v) is 6.51. The SMILES string of the molecule is Cc1ccsc1CCC(=O)N1CCSC1C. The zero-order chi connectivity index (χ0) is 11.5. The van der Waals surface area contributed by atoms with Crippen molar-refractivity contribution in [3.63, 3.8) is 0 Å². The summed E-state index contributed by atoms with van der Waals surface area (Å²) in [6, 6.07) is 2.12. The van der Waals surface area contributed by atoms with Gasteiger partial charge in [0.25, 0.3) is 0 Å². The van der Waals surface area contributed by atoms with Crippen molar-refractivity contribution in [2.24, 2.45) is 0 Å². The molecule has 2 heterocycles. The van der Waals surface area contributed by atoms with Crippen LogP contribution in [0.2, 0.25) is 0 Å². The fourth-order valence-corrected chi connectivity index (χ4v) is 3.90. The number of thioether (sulfide) groups is 1. The van der Waals surface area contributed by atoms with Crippen molar-refractivity contribution in [2.75, 3.05) is 12.3 Å². The fourth-order valence-electron chi connectivity index (χ4n) is 1.95. The Balaban J connectivity index is 1.86. The molecule has 88 valence electrons. The molecule has 2 nitrogen and oxygen atoms in total. The van der Waals surface area contributed by atoms with Crippen LogP contribution in [0.5, 0.6) is 0 Å². The van der Waals surface area contributed by atoms with Gasteiger partial charge in [-0.05, 0) is 37.3 Å². The van der Waals surface area contributed by atoms with Crippen LogP contribution >= 0.6 is 23.1 Å². The Morgan fingerprint density at radius 2 is 2.44 bits per heavy atom. The molecule has 1 atom stereocenters. The molecule has 0 aromatic carbocycles. The number of amides is 1. The lowest BCUT2D eigenvalue weighted by Gasteiger charge is -2.20. The minimum absolute atomic E-state index is 0.310. The van der Waals surface area contributed by atoms with Gasteiger partial charge in [0, 0.05) is 23.6 Å². The number of hydrogen-bond donors (Lipinski definition) is 0. The molecule has 1 aliphatic rings. The van der Waals surface area contributed by atoms with Crippen LogP contribution in [-0.2, 0) is 11.2 Å². The average molecular weight is 255 g/mol. The summed E-state index contributed by atoms with van der Waals surface area (Å²) in [6.45, 7) is 5.16. The molecule has 1 fully saturated rings. The van der Waals surface area contributed by atoms with Gasteiger partial charge in [0.1, 0.15) is 0 Å². The zero-order valence-electron chi connectivity index (χ0n) is 9.73. The van der Waals surface area contributed by atoms with E-state index in [4.69, 9.17) is 0 Å². The largest absolute Gasteiger partial charge is 0.330 e. The van der Waals surface area contributed by atoms with Gasteiger partial charge in [0.2, 0.25) is 5.91 Å². The van der Waals surface area contributed by atoms with E-state index >= 15 is 0 Å². The number of thiophene rings is 1. The van der Waals surface area contributed by atoms with E-state index in [1.54, 1.807) is 11.3 Å². The molecule has 1 aromatic rings. The third-order valence-electron chi connectivity index (χ3n) is 2.98. The van der Waals surface area contributed by atoms with Crippen LogP contribution in [0.1, 0.15) is 23.8 Å². The number of carbonyl (C=O) groups is 1. The maximum Gasteiger partial charge on any atom is 0.223 e. The molecule has 0 aliphatic carbocycles. The maximum atomic E-state index is 12.0. The van der Waals surface area contributed by atoms with Crippen molar-refractivity contribution < 1.29 is 4.79 Å². The molecule has 0 saturated carbocycles. The summed E-state index contributed by atoms with van der Waals surface area (Å²) >= 11 is 3.63. The van der Waals surface area contributed by atoms with Crippen molar-refractivity contribution in [1.82, 2.24) is 4.90 Å². The third-order valence-corrected chi connectivity index (χ3v) is 5.22. The van der Waals surface area contributed by atoms with Gasteiger partial charge in [-0.25, -0.2) is 0 Å². The predicted molar refractivity (Wildman–Crippen MR) is 71.0 cm³/mol. The molecule has 0 radical (unpaired) electrons. The molecule has 16 heavy (non-hydrogen) atoms. The molecule has 1 amide bonds. The van der Waals surface area contributed by atoms with Crippen molar-refractivity contribution in [2.45, 2.75) is 32.1 Å². The second-order valence-electron chi connectivity index (χ2n) is 4.08. The summed E-state index contributed by atoms with van der Waals surface area (Å²) in [7, 11) is 0. The predicted octanol–water partition coefficient (Wildman–Crippen LogP) is 2.91. The number of rotatable bonds is 3. The van der Waals surface area contributed by atoms with E-state index in [-0.39, 0.29) is 0 Å². The van der Waals surface area contributed by atoms with Crippen LogP contribution in [0, 0.1) is 6.92 Å². The minimum atomic E-state index is 0.310. The van der Waals surface area contributed by atoms with E-state index < -0.39 is 0 Å². The lowest BCUT2D eigenvalue weighted by Crippen LogP contribution is -2.33. The van der Waals surface area contributed by atoms with Crippen LogP contribution in [0.4, 0.5) is 0 Å². The van der Waals surface area contributed by atoms with Gasteiger partial charge in [-0.15, -0.1) is 23.1 Å². The first-order chi connectivity index (χ1) is 7.68. The highest BCUT2D eigenvalue weighted by atomic mass is 32.2.